The lowest BCUT2D eigenvalue weighted by atomic mass is 10.0. The standard InChI is InChI=1S/C23H24ClN3O3/c24-18-10-8-17(9-11-18)23-25-21(30-26-23)12-13-22(29)27-14-4-7-19(27)15-20(28)16-5-2-1-3-6-16/h1-3,5-6,8-11,19-20,28H,4,7,12-15H2/t19-,20+/m0/s1. The predicted molar refractivity (Wildman–Crippen MR) is 114 cm³/mol. The topological polar surface area (TPSA) is 79.5 Å². The van der Waals surface area contributed by atoms with Crippen LogP contribution in [0.3, 0.4) is 0 Å². The lowest BCUT2D eigenvalue weighted by Crippen LogP contribution is -2.36. The summed E-state index contributed by atoms with van der Waals surface area (Å²) in [7, 11) is 0. The van der Waals surface area contributed by atoms with Gasteiger partial charge in [-0.15, -0.1) is 0 Å². The summed E-state index contributed by atoms with van der Waals surface area (Å²) in [5, 5.41) is 15.2. The molecule has 0 spiro atoms. The number of hydrogen-bond acceptors (Lipinski definition) is 5. The number of aliphatic hydroxyl groups excluding tert-OH is 1. The van der Waals surface area contributed by atoms with Crippen molar-refractivity contribution in [3.63, 3.8) is 0 Å². The van der Waals surface area contributed by atoms with Gasteiger partial charge in [-0.2, -0.15) is 4.98 Å². The number of halogens is 1. The maximum absolute atomic E-state index is 12.8. The first kappa shape index (κ1) is 20.6. The Morgan fingerprint density at radius 1 is 1.20 bits per heavy atom. The number of benzene rings is 2. The van der Waals surface area contributed by atoms with E-state index in [1.165, 1.54) is 0 Å². The van der Waals surface area contributed by atoms with Crippen LogP contribution in [0.25, 0.3) is 11.4 Å². The molecule has 0 saturated carbocycles. The predicted octanol–water partition coefficient (Wildman–Crippen LogP) is 4.44. The van der Waals surface area contributed by atoms with Crippen LogP contribution in [0.15, 0.2) is 59.1 Å². The Morgan fingerprint density at radius 3 is 2.73 bits per heavy atom. The fourth-order valence-corrected chi connectivity index (χ4v) is 4.03. The van der Waals surface area contributed by atoms with Gasteiger partial charge in [0.2, 0.25) is 17.6 Å². The van der Waals surface area contributed by atoms with Crippen molar-refractivity contribution in [1.29, 1.82) is 0 Å². The van der Waals surface area contributed by atoms with Gasteiger partial charge in [0.15, 0.2) is 0 Å². The Kier molecular flexibility index (Phi) is 6.45. The lowest BCUT2D eigenvalue weighted by Gasteiger charge is -2.26. The van der Waals surface area contributed by atoms with Gasteiger partial charge in [-0.1, -0.05) is 47.1 Å². The van der Waals surface area contributed by atoms with Gasteiger partial charge in [0.25, 0.3) is 0 Å². The molecular weight excluding hydrogens is 402 g/mol. The smallest absolute Gasteiger partial charge is 0.227 e. The molecule has 30 heavy (non-hydrogen) atoms. The molecule has 1 aliphatic rings. The number of hydrogen-bond donors (Lipinski definition) is 1. The fraction of sp³-hybridized carbons (Fsp3) is 0.348. The Balaban J connectivity index is 1.33. The zero-order valence-corrected chi connectivity index (χ0v) is 17.3. The Labute approximate surface area is 180 Å². The molecule has 1 saturated heterocycles. The number of nitrogens with zero attached hydrogens (tertiary/aromatic N) is 3. The minimum Gasteiger partial charge on any atom is -0.388 e. The van der Waals surface area contributed by atoms with Crippen LogP contribution in [-0.2, 0) is 11.2 Å². The molecule has 6 nitrogen and oxygen atoms in total. The van der Waals surface area contributed by atoms with E-state index in [0.717, 1.165) is 30.5 Å². The molecule has 4 rings (SSSR count). The summed E-state index contributed by atoms with van der Waals surface area (Å²) in [5.74, 6) is 0.983. The number of aromatic nitrogens is 2. The second kappa shape index (κ2) is 9.41. The summed E-state index contributed by atoms with van der Waals surface area (Å²) in [6, 6.07) is 16.8. The molecule has 0 unspecified atom stereocenters. The first-order valence-electron chi connectivity index (χ1n) is 10.2. The molecule has 2 aromatic carbocycles. The minimum absolute atomic E-state index is 0.0556. The summed E-state index contributed by atoms with van der Waals surface area (Å²) in [6.07, 6.45) is 2.56. The molecule has 1 fully saturated rings. The second-order valence-electron chi connectivity index (χ2n) is 7.56. The van der Waals surface area contributed by atoms with Crippen LogP contribution < -0.4 is 0 Å². The van der Waals surface area contributed by atoms with Crippen LogP contribution >= 0.6 is 11.6 Å². The van der Waals surface area contributed by atoms with E-state index in [2.05, 4.69) is 10.1 Å². The average Bonchev–Trinajstić information content (AvgIpc) is 3.43. The van der Waals surface area contributed by atoms with E-state index in [9.17, 15) is 9.90 Å². The number of aliphatic hydroxyl groups is 1. The van der Waals surface area contributed by atoms with Crippen molar-refractivity contribution in [2.24, 2.45) is 0 Å². The SMILES string of the molecule is O=C(CCc1nc(-c2ccc(Cl)cc2)no1)N1CCC[C@H]1C[C@@H](O)c1ccccc1. The normalized spacial score (nSPS) is 17.3. The zero-order valence-electron chi connectivity index (χ0n) is 16.6. The minimum atomic E-state index is -0.567. The van der Waals surface area contributed by atoms with E-state index in [1.54, 1.807) is 12.1 Å². The van der Waals surface area contributed by atoms with Crippen molar-refractivity contribution in [1.82, 2.24) is 15.0 Å². The molecule has 1 N–H and O–H groups in total. The molecule has 0 bridgehead atoms. The number of carbonyl (C=O) groups excluding carboxylic acids is 1. The van der Waals surface area contributed by atoms with Crippen molar-refractivity contribution in [3.8, 4) is 11.4 Å². The molecule has 2 heterocycles. The van der Waals surface area contributed by atoms with E-state index < -0.39 is 6.10 Å². The molecule has 3 aromatic rings. The van der Waals surface area contributed by atoms with E-state index in [4.69, 9.17) is 16.1 Å². The van der Waals surface area contributed by atoms with Gasteiger partial charge in [-0.25, -0.2) is 0 Å². The van der Waals surface area contributed by atoms with Gasteiger partial charge >= 0.3 is 0 Å². The highest BCUT2D eigenvalue weighted by Crippen LogP contribution is 2.28. The molecule has 156 valence electrons. The molecular formula is C23H24ClN3O3. The van der Waals surface area contributed by atoms with Gasteiger partial charge < -0.3 is 14.5 Å². The Morgan fingerprint density at radius 2 is 1.97 bits per heavy atom. The molecule has 7 heteroatoms. The van der Waals surface area contributed by atoms with E-state index in [0.29, 0.717) is 36.0 Å². The van der Waals surface area contributed by atoms with Crippen LogP contribution in [0.4, 0.5) is 0 Å². The monoisotopic (exact) mass is 425 g/mol. The molecule has 1 aromatic heterocycles. The van der Waals surface area contributed by atoms with Crippen molar-refractivity contribution < 1.29 is 14.4 Å². The number of carbonyl (C=O) groups is 1. The van der Waals surface area contributed by atoms with Crippen LogP contribution in [-0.4, -0.2) is 38.6 Å². The van der Waals surface area contributed by atoms with Gasteiger partial charge in [0.05, 0.1) is 6.10 Å². The van der Waals surface area contributed by atoms with Crippen molar-refractivity contribution >= 4 is 17.5 Å². The quantitative estimate of drug-likeness (QED) is 0.605. The molecule has 2 atom stereocenters. The van der Waals surface area contributed by atoms with Crippen LogP contribution in [0.1, 0.15) is 43.2 Å². The molecule has 0 radical (unpaired) electrons. The highest BCUT2D eigenvalue weighted by atomic mass is 35.5. The van der Waals surface area contributed by atoms with Crippen molar-refractivity contribution in [2.45, 2.75) is 44.2 Å². The average molecular weight is 426 g/mol. The molecule has 1 aliphatic heterocycles. The summed E-state index contributed by atoms with van der Waals surface area (Å²) in [6.45, 7) is 0.727. The Hall–Kier alpha value is -2.70. The van der Waals surface area contributed by atoms with Gasteiger partial charge in [-0.05, 0) is 49.1 Å². The first-order chi connectivity index (χ1) is 14.6. The summed E-state index contributed by atoms with van der Waals surface area (Å²) in [4.78, 5) is 19.1. The van der Waals surface area contributed by atoms with Crippen molar-refractivity contribution in [3.05, 3.63) is 71.1 Å². The zero-order chi connectivity index (χ0) is 20.9. The molecule has 0 aliphatic carbocycles. The van der Waals surface area contributed by atoms with Crippen LogP contribution in [0.2, 0.25) is 5.02 Å². The summed E-state index contributed by atoms with van der Waals surface area (Å²) < 4.78 is 5.31. The van der Waals surface area contributed by atoms with Crippen LogP contribution in [0, 0.1) is 0 Å². The highest BCUT2D eigenvalue weighted by Gasteiger charge is 2.30. The maximum Gasteiger partial charge on any atom is 0.227 e. The van der Waals surface area contributed by atoms with Gasteiger partial charge in [0.1, 0.15) is 0 Å². The third kappa shape index (κ3) is 4.89. The third-order valence-electron chi connectivity index (χ3n) is 5.50. The highest BCUT2D eigenvalue weighted by molar-refractivity contribution is 6.30. The number of rotatable bonds is 7. The summed E-state index contributed by atoms with van der Waals surface area (Å²) in [5.41, 5.74) is 1.70. The van der Waals surface area contributed by atoms with E-state index in [-0.39, 0.29) is 11.9 Å². The third-order valence-corrected chi connectivity index (χ3v) is 5.75. The van der Waals surface area contributed by atoms with Crippen molar-refractivity contribution in [2.75, 3.05) is 6.54 Å². The van der Waals surface area contributed by atoms with Crippen LogP contribution in [0.5, 0.6) is 0 Å². The number of aryl methyl sites for hydroxylation is 1. The lowest BCUT2D eigenvalue weighted by molar-refractivity contribution is -0.132. The fourth-order valence-electron chi connectivity index (χ4n) is 3.91. The summed E-state index contributed by atoms with van der Waals surface area (Å²) >= 11 is 5.91. The Bertz CT molecular complexity index is 975. The largest absolute Gasteiger partial charge is 0.388 e. The van der Waals surface area contributed by atoms with E-state index in [1.807, 2.05) is 47.4 Å². The first-order valence-corrected chi connectivity index (χ1v) is 10.6. The number of likely N-dealkylation sites (tertiary alicyclic amines) is 1. The van der Waals surface area contributed by atoms with E-state index >= 15 is 0 Å². The number of amides is 1. The maximum atomic E-state index is 12.8. The molecule has 1 amide bonds. The second-order valence-corrected chi connectivity index (χ2v) is 8.00. The van der Waals surface area contributed by atoms with Gasteiger partial charge in [0, 0.05) is 36.0 Å². The van der Waals surface area contributed by atoms with Gasteiger partial charge in [-0.3, -0.25) is 4.79 Å².